The number of terminal acetylenes is 1. The number of thiazole rings is 1. The molecule has 0 unspecified atom stereocenters. The van der Waals surface area contributed by atoms with E-state index in [1.807, 2.05) is 43.4 Å². The van der Waals surface area contributed by atoms with Crippen molar-refractivity contribution in [1.82, 2.24) is 4.98 Å². The molecule has 114 valence electrons. The van der Waals surface area contributed by atoms with Crippen LogP contribution >= 0.6 is 23.3 Å². The summed E-state index contributed by atoms with van der Waals surface area (Å²) in [6, 6.07) is 16.1. The number of benzene rings is 2. The molecule has 23 heavy (non-hydrogen) atoms. The molecule has 1 heterocycles. The summed E-state index contributed by atoms with van der Waals surface area (Å²) in [5.41, 5.74) is 3.97. The van der Waals surface area contributed by atoms with Crippen LogP contribution in [-0.4, -0.2) is 12.0 Å². The molecule has 3 aromatic rings. The van der Waals surface area contributed by atoms with E-state index in [1.54, 1.807) is 23.3 Å². The predicted molar refractivity (Wildman–Crippen MR) is 101 cm³/mol. The first-order chi connectivity index (χ1) is 11.3. The molecule has 1 aromatic heterocycles. The average molecular weight is 337 g/mol. The molecule has 0 fully saturated rings. The van der Waals surface area contributed by atoms with Crippen LogP contribution in [0.25, 0.3) is 11.3 Å². The van der Waals surface area contributed by atoms with Crippen molar-refractivity contribution in [3.8, 4) is 23.6 Å². The topological polar surface area (TPSA) is 37.0 Å². The van der Waals surface area contributed by atoms with Crippen LogP contribution in [-0.2, 0) is 0 Å². The Bertz CT molecular complexity index is 849. The highest BCUT2D eigenvalue weighted by Crippen LogP contribution is 2.28. The first-order valence-electron chi connectivity index (χ1n) is 7.02. The van der Waals surface area contributed by atoms with E-state index in [4.69, 9.17) is 6.42 Å². The minimum atomic E-state index is 0.882. The lowest BCUT2D eigenvalue weighted by Crippen LogP contribution is -1.89. The van der Waals surface area contributed by atoms with Crippen LogP contribution < -0.4 is 10.0 Å². The number of rotatable bonds is 5. The fraction of sp³-hybridized carbons (Fsp3) is 0.0556. The molecule has 0 amide bonds. The maximum absolute atomic E-state index is 5.43. The second-order valence-electron chi connectivity index (χ2n) is 4.74. The molecule has 3 nitrogen and oxygen atoms in total. The minimum absolute atomic E-state index is 0.882. The van der Waals surface area contributed by atoms with Crippen LogP contribution in [0, 0.1) is 12.3 Å². The van der Waals surface area contributed by atoms with Gasteiger partial charge in [0.15, 0.2) is 5.13 Å². The van der Waals surface area contributed by atoms with Gasteiger partial charge < -0.3 is 10.0 Å². The van der Waals surface area contributed by atoms with Crippen molar-refractivity contribution in [3.63, 3.8) is 0 Å². The van der Waals surface area contributed by atoms with Crippen LogP contribution in [0.4, 0.5) is 10.8 Å². The summed E-state index contributed by atoms with van der Waals surface area (Å²) < 4.78 is 3.35. The molecule has 0 saturated heterocycles. The molecule has 0 aliphatic heterocycles. The molecule has 0 radical (unpaired) electrons. The largest absolute Gasteiger partial charge is 0.365 e. The Morgan fingerprint density at radius 2 is 2.04 bits per heavy atom. The number of nitrogens with zero attached hydrogens (tertiary/aromatic N) is 1. The van der Waals surface area contributed by atoms with E-state index in [9.17, 15) is 0 Å². The molecule has 3 rings (SSSR count). The summed E-state index contributed by atoms with van der Waals surface area (Å²) in [5, 5.41) is 6.03. The summed E-state index contributed by atoms with van der Waals surface area (Å²) in [7, 11) is 1.88. The van der Waals surface area contributed by atoms with Crippen LogP contribution in [0.5, 0.6) is 0 Å². The zero-order valence-electron chi connectivity index (χ0n) is 12.5. The van der Waals surface area contributed by atoms with Gasteiger partial charge in [-0.25, -0.2) is 4.98 Å². The predicted octanol–water partition coefficient (Wildman–Crippen LogP) is 4.95. The molecule has 2 N–H and O–H groups in total. The highest BCUT2D eigenvalue weighted by atomic mass is 32.2. The average Bonchev–Trinajstić information content (AvgIpc) is 3.10. The van der Waals surface area contributed by atoms with Gasteiger partial charge in [0.1, 0.15) is 0 Å². The fourth-order valence-electron chi connectivity index (χ4n) is 2.03. The second kappa shape index (κ2) is 7.23. The molecular weight excluding hydrogens is 322 g/mol. The number of hydrogen-bond donors (Lipinski definition) is 2. The zero-order chi connectivity index (χ0) is 16.1. The van der Waals surface area contributed by atoms with Gasteiger partial charge in [-0.2, -0.15) is 0 Å². The second-order valence-corrected chi connectivity index (χ2v) is 6.48. The number of hydrogen-bond acceptors (Lipinski definition) is 5. The third-order valence-corrected chi connectivity index (χ3v) is 4.85. The van der Waals surface area contributed by atoms with Crippen molar-refractivity contribution in [3.05, 3.63) is 59.5 Å². The van der Waals surface area contributed by atoms with Crippen LogP contribution in [0.1, 0.15) is 5.56 Å². The third-order valence-electron chi connectivity index (χ3n) is 3.16. The number of anilines is 2. The van der Waals surface area contributed by atoms with Crippen LogP contribution in [0.15, 0.2) is 58.8 Å². The van der Waals surface area contributed by atoms with E-state index in [-0.39, 0.29) is 0 Å². The molecule has 0 aliphatic carbocycles. The minimum Gasteiger partial charge on any atom is -0.365 e. The summed E-state index contributed by atoms with van der Waals surface area (Å²) in [4.78, 5) is 5.61. The fourth-order valence-corrected chi connectivity index (χ4v) is 3.41. The van der Waals surface area contributed by atoms with Gasteiger partial charge in [-0.15, -0.1) is 17.8 Å². The van der Waals surface area contributed by atoms with E-state index in [2.05, 4.69) is 38.5 Å². The Hall–Kier alpha value is -2.42. The van der Waals surface area contributed by atoms with E-state index >= 15 is 0 Å². The van der Waals surface area contributed by atoms with Gasteiger partial charge in [0.25, 0.3) is 0 Å². The standard InChI is InChI=1S/C18H15N3S2/c1-3-13-6-4-9-16(10-13)23-21-15-8-5-7-14(11-15)17-12-22-18(19-2)20-17/h1,4-12,21H,2H3,(H,19,20). The zero-order valence-corrected chi connectivity index (χ0v) is 14.2. The molecule has 0 saturated carbocycles. The first kappa shape index (κ1) is 15.5. The van der Waals surface area contributed by atoms with Gasteiger partial charge in [0.2, 0.25) is 0 Å². The van der Waals surface area contributed by atoms with Gasteiger partial charge in [-0.3, -0.25) is 0 Å². The van der Waals surface area contributed by atoms with E-state index in [0.717, 1.165) is 32.5 Å². The Morgan fingerprint density at radius 3 is 2.83 bits per heavy atom. The van der Waals surface area contributed by atoms with Crippen molar-refractivity contribution in [1.29, 1.82) is 0 Å². The molecule has 0 aliphatic rings. The monoisotopic (exact) mass is 337 g/mol. The highest BCUT2D eigenvalue weighted by Gasteiger charge is 2.04. The molecule has 0 spiro atoms. The quantitative estimate of drug-likeness (QED) is 0.510. The normalized spacial score (nSPS) is 10.1. The summed E-state index contributed by atoms with van der Waals surface area (Å²) in [6.45, 7) is 0. The van der Waals surface area contributed by atoms with Crippen molar-refractivity contribution in [2.45, 2.75) is 4.90 Å². The van der Waals surface area contributed by atoms with Gasteiger partial charge in [-0.05, 0) is 42.3 Å². The molecule has 2 aromatic carbocycles. The maximum Gasteiger partial charge on any atom is 0.182 e. The Kier molecular flexibility index (Phi) is 4.86. The summed E-state index contributed by atoms with van der Waals surface area (Å²) >= 11 is 3.14. The number of nitrogens with one attached hydrogen (secondary N) is 2. The van der Waals surface area contributed by atoms with Gasteiger partial charge in [0, 0.05) is 34.1 Å². The third kappa shape index (κ3) is 3.86. The summed E-state index contributed by atoms with van der Waals surface area (Å²) in [6.07, 6.45) is 5.43. The molecular formula is C18H15N3S2. The highest BCUT2D eigenvalue weighted by molar-refractivity contribution is 8.00. The van der Waals surface area contributed by atoms with Crippen molar-refractivity contribution < 1.29 is 0 Å². The van der Waals surface area contributed by atoms with Gasteiger partial charge in [0.05, 0.1) is 5.69 Å². The lowest BCUT2D eigenvalue weighted by atomic mass is 10.1. The lowest BCUT2D eigenvalue weighted by Gasteiger charge is -2.07. The maximum atomic E-state index is 5.43. The number of aromatic nitrogens is 1. The van der Waals surface area contributed by atoms with Crippen molar-refractivity contribution in [2.24, 2.45) is 0 Å². The SMILES string of the molecule is C#Cc1cccc(SNc2cccc(-c3csc(NC)n3)c2)c1. The molecule has 5 heteroatoms. The van der Waals surface area contributed by atoms with E-state index in [0.29, 0.717) is 0 Å². The van der Waals surface area contributed by atoms with E-state index < -0.39 is 0 Å². The smallest absolute Gasteiger partial charge is 0.182 e. The van der Waals surface area contributed by atoms with Crippen LogP contribution in [0.3, 0.4) is 0 Å². The molecule has 0 bridgehead atoms. The lowest BCUT2D eigenvalue weighted by molar-refractivity contribution is 1.36. The van der Waals surface area contributed by atoms with Gasteiger partial charge >= 0.3 is 0 Å². The van der Waals surface area contributed by atoms with E-state index in [1.165, 1.54) is 0 Å². The Labute approximate surface area is 144 Å². The van der Waals surface area contributed by atoms with Crippen LogP contribution in [0.2, 0.25) is 0 Å². The molecule has 0 atom stereocenters. The van der Waals surface area contributed by atoms with Gasteiger partial charge in [-0.1, -0.05) is 24.1 Å². The van der Waals surface area contributed by atoms with Crippen molar-refractivity contribution >= 4 is 34.1 Å². The van der Waals surface area contributed by atoms with Crippen molar-refractivity contribution in [2.75, 3.05) is 17.1 Å². The summed E-state index contributed by atoms with van der Waals surface area (Å²) in [5.74, 6) is 2.65. The first-order valence-corrected chi connectivity index (χ1v) is 8.71. The Balaban J connectivity index is 1.73. The Morgan fingerprint density at radius 1 is 1.17 bits per heavy atom.